The average molecular weight is 437 g/mol. The zero-order chi connectivity index (χ0) is 18.5. The lowest BCUT2D eigenvalue weighted by Crippen LogP contribution is -2.20. The molecule has 134 valence electrons. The second-order valence-corrected chi connectivity index (χ2v) is 7.41. The smallest absolute Gasteiger partial charge is 0.365 e. The van der Waals surface area contributed by atoms with Crippen LogP contribution >= 0.6 is 27.3 Å². The third-order valence-electron chi connectivity index (χ3n) is 3.87. The number of aromatic nitrogens is 2. The quantitative estimate of drug-likeness (QED) is 0.774. The zero-order valence-electron chi connectivity index (χ0n) is 12.8. The molecule has 1 aliphatic carbocycles. The molecule has 0 radical (unpaired) electrons. The Morgan fingerprint density at radius 3 is 2.60 bits per heavy atom. The molecule has 25 heavy (non-hydrogen) atoms. The number of nitrogens with two attached hydrogens (primary N) is 1. The summed E-state index contributed by atoms with van der Waals surface area (Å²) in [5.41, 5.74) is 4.97. The van der Waals surface area contributed by atoms with E-state index in [0.717, 1.165) is 28.0 Å². The van der Waals surface area contributed by atoms with E-state index < -0.39 is 28.2 Å². The Morgan fingerprint density at radius 2 is 2.04 bits per heavy atom. The van der Waals surface area contributed by atoms with E-state index in [-0.39, 0.29) is 16.3 Å². The maximum absolute atomic E-state index is 12.9. The summed E-state index contributed by atoms with van der Waals surface area (Å²) in [6.45, 7) is 0. The van der Waals surface area contributed by atoms with E-state index in [1.165, 1.54) is 18.4 Å². The van der Waals surface area contributed by atoms with Crippen molar-refractivity contribution >= 4 is 44.1 Å². The van der Waals surface area contributed by atoms with Crippen LogP contribution < -0.4 is 11.1 Å². The van der Waals surface area contributed by atoms with Gasteiger partial charge in [0.15, 0.2) is 5.69 Å². The van der Waals surface area contributed by atoms with Gasteiger partial charge in [-0.2, -0.15) is 18.3 Å². The number of hydrogen-bond donors (Lipinski definition) is 2. The van der Waals surface area contributed by atoms with Crippen LogP contribution in [0.15, 0.2) is 4.47 Å². The number of nitrogens with zero attached hydrogens (tertiary/aromatic N) is 2. The van der Waals surface area contributed by atoms with Gasteiger partial charge in [-0.15, -0.1) is 11.3 Å². The van der Waals surface area contributed by atoms with E-state index in [2.05, 4.69) is 26.3 Å². The molecule has 2 aromatic rings. The van der Waals surface area contributed by atoms with Crippen molar-refractivity contribution in [1.82, 2.24) is 9.78 Å². The van der Waals surface area contributed by atoms with E-state index in [4.69, 9.17) is 5.73 Å². The molecule has 0 saturated carbocycles. The SMILES string of the molecule is Cn1nc(C(F)(F)F)c(Br)c1C(=O)Nc1sc2c(c1C(N)=O)CCC2. The molecule has 3 rings (SSSR count). The molecular formula is C14H12BrF3N4O2S. The summed E-state index contributed by atoms with van der Waals surface area (Å²) in [4.78, 5) is 25.2. The molecule has 0 spiro atoms. The number of primary amides is 1. The number of rotatable bonds is 3. The Bertz CT molecular complexity index is 888. The highest BCUT2D eigenvalue weighted by molar-refractivity contribution is 9.10. The standard InChI is InChI=1S/C14H12BrF3N4O2S/c1-22-9(8(15)10(21-22)14(16,17)18)12(24)20-13-7(11(19)23)5-3-2-4-6(5)25-13/h2-4H2,1H3,(H2,19,23)(H,20,24). The zero-order valence-corrected chi connectivity index (χ0v) is 15.2. The van der Waals surface area contributed by atoms with Crippen LogP contribution in [0.25, 0.3) is 0 Å². The molecule has 11 heteroatoms. The Labute approximate surface area is 152 Å². The van der Waals surface area contributed by atoms with E-state index >= 15 is 0 Å². The molecule has 3 N–H and O–H groups in total. The molecule has 0 aliphatic heterocycles. The van der Waals surface area contributed by atoms with Gasteiger partial charge in [-0.25, -0.2) is 0 Å². The maximum atomic E-state index is 12.9. The van der Waals surface area contributed by atoms with Crippen LogP contribution in [0.1, 0.15) is 43.4 Å². The molecular weight excluding hydrogens is 425 g/mol. The van der Waals surface area contributed by atoms with E-state index in [1.54, 1.807) is 0 Å². The molecule has 2 heterocycles. The van der Waals surface area contributed by atoms with E-state index in [9.17, 15) is 22.8 Å². The van der Waals surface area contributed by atoms with Crippen LogP contribution in [0.5, 0.6) is 0 Å². The topological polar surface area (TPSA) is 90.0 Å². The molecule has 6 nitrogen and oxygen atoms in total. The minimum absolute atomic E-state index is 0.236. The monoisotopic (exact) mass is 436 g/mol. The van der Waals surface area contributed by atoms with Crippen LogP contribution in [0.2, 0.25) is 0 Å². The van der Waals surface area contributed by atoms with Gasteiger partial charge in [-0.05, 0) is 40.8 Å². The van der Waals surface area contributed by atoms with Gasteiger partial charge in [0.05, 0.1) is 10.0 Å². The minimum atomic E-state index is -4.70. The number of alkyl halides is 3. The van der Waals surface area contributed by atoms with Gasteiger partial charge >= 0.3 is 6.18 Å². The normalized spacial score (nSPS) is 13.8. The van der Waals surface area contributed by atoms with Crippen molar-refractivity contribution in [3.05, 3.63) is 31.9 Å². The van der Waals surface area contributed by atoms with Gasteiger partial charge < -0.3 is 11.1 Å². The van der Waals surface area contributed by atoms with Gasteiger partial charge in [-0.3, -0.25) is 14.3 Å². The second kappa shape index (κ2) is 6.13. The number of carbonyl (C=O) groups is 2. The van der Waals surface area contributed by atoms with Crippen LogP contribution in [0.4, 0.5) is 18.2 Å². The number of amides is 2. The fraction of sp³-hybridized carbons (Fsp3) is 0.357. The lowest BCUT2D eigenvalue weighted by atomic mass is 10.1. The number of thiophene rings is 1. The van der Waals surface area contributed by atoms with Crippen molar-refractivity contribution in [3.63, 3.8) is 0 Å². The van der Waals surface area contributed by atoms with E-state index in [1.807, 2.05) is 0 Å². The average Bonchev–Trinajstić information content (AvgIpc) is 3.10. The summed E-state index contributed by atoms with van der Waals surface area (Å²) >= 11 is 4.02. The summed E-state index contributed by atoms with van der Waals surface area (Å²) in [6.07, 6.45) is -2.33. The fourth-order valence-electron chi connectivity index (χ4n) is 2.84. The number of carbonyl (C=O) groups excluding carboxylic acids is 2. The number of hydrogen-bond acceptors (Lipinski definition) is 4. The number of fused-ring (bicyclic) bond motifs is 1. The molecule has 0 bridgehead atoms. The molecule has 0 fully saturated rings. The van der Waals surface area contributed by atoms with E-state index in [0.29, 0.717) is 6.42 Å². The maximum Gasteiger partial charge on any atom is 0.436 e. The highest BCUT2D eigenvalue weighted by atomic mass is 79.9. The summed E-state index contributed by atoms with van der Waals surface area (Å²) < 4.78 is 39.1. The van der Waals surface area contributed by atoms with Gasteiger partial charge in [0.25, 0.3) is 11.8 Å². The first-order valence-corrected chi connectivity index (χ1v) is 8.77. The fourth-order valence-corrected chi connectivity index (χ4v) is 4.87. The number of nitrogens with one attached hydrogen (secondary N) is 1. The van der Waals surface area contributed by atoms with Crippen molar-refractivity contribution in [1.29, 1.82) is 0 Å². The Kier molecular flexibility index (Phi) is 4.40. The molecule has 2 amide bonds. The lowest BCUT2D eigenvalue weighted by Gasteiger charge is -2.07. The van der Waals surface area contributed by atoms with Crippen molar-refractivity contribution in [2.24, 2.45) is 12.8 Å². The molecule has 2 aromatic heterocycles. The first kappa shape index (κ1) is 17.9. The second-order valence-electron chi connectivity index (χ2n) is 5.51. The van der Waals surface area contributed by atoms with Crippen molar-refractivity contribution in [2.45, 2.75) is 25.4 Å². The highest BCUT2D eigenvalue weighted by Gasteiger charge is 2.39. The predicted molar refractivity (Wildman–Crippen MR) is 88.7 cm³/mol. The first-order chi connectivity index (χ1) is 11.6. The number of anilines is 1. The van der Waals surface area contributed by atoms with Crippen molar-refractivity contribution in [3.8, 4) is 0 Å². The van der Waals surface area contributed by atoms with Gasteiger partial charge in [-0.1, -0.05) is 0 Å². The predicted octanol–water partition coefficient (Wildman–Crippen LogP) is 3.10. The Morgan fingerprint density at radius 1 is 1.36 bits per heavy atom. The minimum Gasteiger partial charge on any atom is -0.365 e. The van der Waals surface area contributed by atoms with Gasteiger partial charge in [0.2, 0.25) is 0 Å². The molecule has 0 aromatic carbocycles. The number of aryl methyl sites for hydroxylation is 2. The third-order valence-corrected chi connectivity index (χ3v) is 5.83. The van der Waals surface area contributed by atoms with Gasteiger partial charge in [0, 0.05) is 11.9 Å². The molecule has 0 unspecified atom stereocenters. The third kappa shape index (κ3) is 3.06. The summed E-state index contributed by atoms with van der Waals surface area (Å²) in [5.74, 6) is -1.48. The van der Waals surface area contributed by atoms with Crippen LogP contribution in [-0.2, 0) is 26.1 Å². The van der Waals surface area contributed by atoms with Crippen LogP contribution in [-0.4, -0.2) is 21.6 Å². The van der Waals surface area contributed by atoms with Crippen molar-refractivity contribution in [2.75, 3.05) is 5.32 Å². The summed E-state index contributed by atoms with van der Waals surface area (Å²) in [6, 6.07) is 0. The summed E-state index contributed by atoms with van der Waals surface area (Å²) in [7, 11) is 1.23. The molecule has 0 atom stereocenters. The largest absolute Gasteiger partial charge is 0.436 e. The summed E-state index contributed by atoms with van der Waals surface area (Å²) in [5, 5.41) is 6.11. The lowest BCUT2D eigenvalue weighted by molar-refractivity contribution is -0.142. The Balaban J connectivity index is 1.97. The van der Waals surface area contributed by atoms with Crippen LogP contribution in [0.3, 0.4) is 0 Å². The van der Waals surface area contributed by atoms with Crippen molar-refractivity contribution < 1.29 is 22.8 Å². The van der Waals surface area contributed by atoms with Crippen LogP contribution in [0, 0.1) is 0 Å². The first-order valence-electron chi connectivity index (χ1n) is 7.16. The molecule has 0 saturated heterocycles. The van der Waals surface area contributed by atoms with Gasteiger partial charge in [0.1, 0.15) is 10.7 Å². The Hall–Kier alpha value is -1.88. The molecule has 1 aliphatic rings. The highest BCUT2D eigenvalue weighted by Crippen LogP contribution is 2.40. The number of halogens is 4.